The van der Waals surface area contributed by atoms with Gasteiger partial charge in [0.2, 0.25) is 11.7 Å². The van der Waals surface area contributed by atoms with E-state index in [1.807, 2.05) is 6.92 Å². The molecule has 0 spiro atoms. The summed E-state index contributed by atoms with van der Waals surface area (Å²) >= 11 is 0. The Kier molecular flexibility index (Phi) is 4.35. The molecule has 1 heterocycles. The van der Waals surface area contributed by atoms with E-state index in [9.17, 15) is 0 Å². The fourth-order valence-electron chi connectivity index (χ4n) is 2.60. The number of nitrogens with two attached hydrogens (primary N) is 1. The summed E-state index contributed by atoms with van der Waals surface area (Å²) in [4.78, 5) is 4.46. The van der Waals surface area contributed by atoms with Crippen molar-refractivity contribution >= 4 is 0 Å². The lowest BCUT2D eigenvalue weighted by atomic mass is 9.91. The second-order valence-corrected chi connectivity index (χ2v) is 5.16. The maximum absolute atomic E-state index is 6.44. The highest BCUT2D eigenvalue weighted by Crippen LogP contribution is 2.33. The third-order valence-corrected chi connectivity index (χ3v) is 3.81. The molecule has 102 valence electrons. The van der Waals surface area contributed by atoms with Crippen LogP contribution in [0.25, 0.3) is 0 Å². The largest absolute Gasteiger partial charge is 0.373 e. The van der Waals surface area contributed by atoms with E-state index in [2.05, 4.69) is 10.1 Å². The minimum atomic E-state index is -0.437. The third kappa shape index (κ3) is 2.72. The Morgan fingerprint density at radius 2 is 2.00 bits per heavy atom. The van der Waals surface area contributed by atoms with Gasteiger partial charge in [0.05, 0.1) is 5.54 Å². The van der Waals surface area contributed by atoms with E-state index in [1.54, 1.807) is 7.11 Å². The zero-order valence-corrected chi connectivity index (χ0v) is 11.3. The van der Waals surface area contributed by atoms with Crippen LogP contribution in [0.1, 0.15) is 69.7 Å². The molecule has 1 atom stereocenters. The smallest absolute Gasteiger partial charge is 0.246 e. The molecule has 0 saturated heterocycles. The summed E-state index contributed by atoms with van der Waals surface area (Å²) in [7, 11) is 1.66. The Bertz CT molecular complexity index is 366. The average Bonchev–Trinajstić information content (AvgIpc) is 2.76. The summed E-state index contributed by atoms with van der Waals surface area (Å²) < 4.78 is 10.7. The molecule has 1 aliphatic carbocycles. The van der Waals surface area contributed by atoms with Crippen LogP contribution < -0.4 is 5.73 Å². The first-order chi connectivity index (χ1) is 8.69. The van der Waals surface area contributed by atoms with Gasteiger partial charge in [-0.25, -0.2) is 0 Å². The monoisotopic (exact) mass is 253 g/mol. The maximum Gasteiger partial charge on any atom is 0.246 e. The molecule has 1 aliphatic rings. The Hall–Kier alpha value is -0.940. The predicted octanol–water partition coefficient (Wildman–Crippen LogP) is 2.68. The van der Waals surface area contributed by atoms with E-state index in [4.69, 9.17) is 15.0 Å². The molecular weight excluding hydrogens is 230 g/mol. The minimum absolute atomic E-state index is 0.100. The van der Waals surface area contributed by atoms with Crippen LogP contribution in [0.3, 0.4) is 0 Å². The molecule has 0 radical (unpaired) electrons. The minimum Gasteiger partial charge on any atom is -0.373 e. The van der Waals surface area contributed by atoms with Gasteiger partial charge in [-0.2, -0.15) is 4.98 Å². The van der Waals surface area contributed by atoms with Crippen molar-refractivity contribution in [2.45, 2.75) is 63.5 Å². The van der Waals surface area contributed by atoms with E-state index >= 15 is 0 Å². The first-order valence-electron chi connectivity index (χ1n) is 6.85. The van der Waals surface area contributed by atoms with Gasteiger partial charge < -0.3 is 15.0 Å². The van der Waals surface area contributed by atoms with Crippen LogP contribution in [-0.4, -0.2) is 17.3 Å². The lowest BCUT2D eigenvalue weighted by Gasteiger charge is -2.22. The molecule has 0 bridgehead atoms. The fourth-order valence-corrected chi connectivity index (χ4v) is 2.60. The number of hydrogen-bond acceptors (Lipinski definition) is 5. The molecule has 1 fully saturated rings. The quantitative estimate of drug-likeness (QED) is 0.835. The average molecular weight is 253 g/mol. The lowest BCUT2D eigenvalue weighted by molar-refractivity contribution is 0.0903. The summed E-state index contributed by atoms with van der Waals surface area (Å²) in [5.74, 6) is 1.19. The highest BCUT2D eigenvalue weighted by molar-refractivity contribution is 5.04. The maximum atomic E-state index is 6.44. The third-order valence-electron chi connectivity index (χ3n) is 3.81. The normalized spacial score (nSPS) is 21.5. The first-order valence-corrected chi connectivity index (χ1v) is 6.85. The summed E-state index contributed by atoms with van der Waals surface area (Å²) in [5, 5.41) is 4.02. The molecular formula is C13H23N3O2. The number of rotatable bonds is 4. The number of aromatic nitrogens is 2. The van der Waals surface area contributed by atoms with Crippen molar-refractivity contribution in [2.24, 2.45) is 5.73 Å². The van der Waals surface area contributed by atoms with Crippen molar-refractivity contribution in [1.29, 1.82) is 0 Å². The summed E-state index contributed by atoms with van der Waals surface area (Å²) in [6.45, 7) is 2.04. The van der Waals surface area contributed by atoms with Gasteiger partial charge in [-0.05, 0) is 19.3 Å². The number of hydrogen-bond donors (Lipinski definition) is 1. The van der Waals surface area contributed by atoms with E-state index in [0.717, 1.165) is 32.1 Å². The highest BCUT2D eigenvalue weighted by atomic mass is 16.5. The molecule has 1 aromatic heterocycles. The SMILES string of the molecule is CCC(OC)c1noc(C2(N)CCCCCC2)n1. The number of methoxy groups -OCH3 is 1. The second-order valence-electron chi connectivity index (χ2n) is 5.16. The molecule has 18 heavy (non-hydrogen) atoms. The highest BCUT2D eigenvalue weighted by Gasteiger charge is 2.34. The van der Waals surface area contributed by atoms with Crippen molar-refractivity contribution in [2.75, 3.05) is 7.11 Å². The molecule has 1 unspecified atom stereocenters. The Balaban J connectivity index is 2.17. The second kappa shape index (κ2) is 5.80. The van der Waals surface area contributed by atoms with Crippen LogP contribution in [0.2, 0.25) is 0 Å². The fraction of sp³-hybridized carbons (Fsp3) is 0.846. The van der Waals surface area contributed by atoms with Crippen molar-refractivity contribution < 1.29 is 9.26 Å². The topological polar surface area (TPSA) is 74.2 Å². The van der Waals surface area contributed by atoms with E-state index < -0.39 is 5.54 Å². The van der Waals surface area contributed by atoms with E-state index in [1.165, 1.54) is 12.8 Å². The van der Waals surface area contributed by atoms with Crippen LogP contribution in [0.5, 0.6) is 0 Å². The molecule has 5 nitrogen and oxygen atoms in total. The zero-order valence-electron chi connectivity index (χ0n) is 11.3. The van der Waals surface area contributed by atoms with E-state index in [-0.39, 0.29) is 6.10 Å². The predicted molar refractivity (Wildman–Crippen MR) is 67.9 cm³/mol. The summed E-state index contributed by atoms with van der Waals surface area (Å²) in [5.41, 5.74) is 6.00. The van der Waals surface area contributed by atoms with Crippen LogP contribution in [0.15, 0.2) is 4.52 Å². The molecule has 1 saturated carbocycles. The molecule has 5 heteroatoms. The summed E-state index contributed by atoms with van der Waals surface area (Å²) in [6.07, 6.45) is 7.34. The Morgan fingerprint density at radius 3 is 2.56 bits per heavy atom. The van der Waals surface area contributed by atoms with Gasteiger partial charge in [-0.3, -0.25) is 0 Å². The van der Waals surface area contributed by atoms with Crippen molar-refractivity contribution in [3.63, 3.8) is 0 Å². The standard InChI is InChI=1S/C13H23N3O2/c1-3-10(17-2)11-15-12(18-16-11)13(14)8-6-4-5-7-9-13/h10H,3-9,14H2,1-2H3. The Morgan fingerprint density at radius 1 is 1.33 bits per heavy atom. The molecule has 2 N–H and O–H groups in total. The first kappa shape index (κ1) is 13.5. The number of nitrogens with zero attached hydrogens (tertiary/aromatic N) is 2. The van der Waals surface area contributed by atoms with Crippen LogP contribution >= 0.6 is 0 Å². The van der Waals surface area contributed by atoms with Gasteiger partial charge in [-0.1, -0.05) is 37.8 Å². The molecule has 0 aromatic carbocycles. The van der Waals surface area contributed by atoms with Crippen LogP contribution in [-0.2, 0) is 10.3 Å². The van der Waals surface area contributed by atoms with Gasteiger partial charge in [0.25, 0.3) is 0 Å². The molecule has 0 aliphatic heterocycles. The van der Waals surface area contributed by atoms with Gasteiger partial charge in [0.1, 0.15) is 6.10 Å². The molecule has 0 amide bonds. The molecule has 1 aromatic rings. The van der Waals surface area contributed by atoms with E-state index in [0.29, 0.717) is 11.7 Å². The van der Waals surface area contributed by atoms with Crippen molar-refractivity contribution in [1.82, 2.24) is 10.1 Å². The zero-order chi connectivity index (χ0) is 13.0. The Labute approximate surface area is 108 Å². The van der Waals surface area contributed by atoms with Gasteiger partial charge in [-0.15, -0.1) is 0 Å². The van der Waals surface area contributed by atoms with Crippen molar-refractivity contribution in [3.05, 3.63) is 11.7 Å². The number of ether oxygens (including phenoxy) is 1. The lowest BCUT2D eigenvalue weighted by Crippen LogP contribution is -2.36. The molecule has 2 rings (SSSR count). The van der Waals surface area contributed by atoms with Crippen molar-refractivity contribution in [3.8, 4) is 0 Å². The summed E-state index contributed by atoms with van der Waals surface area (Å²) in [6, 6.07) is 0. The van der Waals surface area contributed by atoms with Gasteiger partial charge >= 0.3 is 0 Å². The van der Waals surface area contributed by atoms with Crippen LogP contribution in [0.4, 0.5) is 0 Å². The van der Waals surface area contributed by atoms with Gasteiger partial charge in [0.15, 0.2) is 0 Å². The van der Waals surface area contributed by atoms with Crippen LogP contribution in [0, 0.1) is 0 Å². The van der Waals surface area contributed by atoms with Gasteiger partial charge in [0, 0.05) is 7.11 Å².